The lowest BCUT2D eigenvalue weighted by molar-refractivity contribution is -0.121. The molecule has 1 aromatic heterocycles. The number of carbonyl (C=O) groups excluding carboxylic acids is 3. The van der Waals surface area contributed by atoms with Gasteiger partial charge in [-0.2, -0.15) is 4.99 Å². The number of benzene rings is 2. The number of anilines is 1. The van der Waals surface area contributed by atoms with Gasteiger partial charge in [0, 0.05) is 22.0 Å². The number of carbonyl (C=O) groups is 3. The molecule has 0 saturated carbocycles. The van der Waals surface area contributed by atoms with E-state index in [2.05, 4.69) is 41.5 Å². The van der Waals surface area contributed by atoms with Crippen molar-refractivity contribution in [1.29, 1.82) is 0 Å². The fraction of sp³-hybridized carbons (Fsp3) is 0.182. The first-order valence-corrected chi connectivity index (χ1v) is 11.8. The number of aliphatic imine (C=N–C) groups is 1. The number of hydrogen-bond acceptors (Lipinski definition) is 8. The third-order valence-corrected chi connectivity index (χ3v) is 6.26. The Balaban J connectivity index is 1.36. The van der Waals surface area contributed by atoms with Gasteiger partial charge in [0.15, 0.2) is 5.69 Å². The monoisotopic (exact) mass is 543 g/mol. The second kappa shape index (κ2) is 10.2. The average Bonchev–Trinajstić information content (AvgIpc) is 3.30. The van der Waals surface area contributed by atoms with Crippen LogP contribution >= 0.6 is 27.7 Å². The number of H-pyrrole nitrogens is 1. The average molecular weight is 544 g/mol. The van der Waals surface area contributed by atoms with Crippen molar-refractivity contribution < 1.29 is 24.2 Å². The zero-order chi connectivity index (χ0) is 24.2. The third-order valence-electron chi connectivity index (χ3n) is 4.73. The lowest BCUT2D eigenvalue weighted by atomic mass is 10.2. The van der Waals surface area contributed by atoms with E-state index < -0.39 is 17.1 Å². The molecule has 34 heavy (non-hydrogen) atoms. The van der Waals surface area contributed by atoms with Gasteiger partial charge in [-0.05, 0) is 49.4 Å². The van der Waals surface area contributed by atoms with Crippen LogP contribution in [0.3, 0.4) is 0 Å². The number of rotatable bonds is 6. The molecule has 1 aliphatic heterocycles. The predicted octanol–water partition coefficient (Wildman–Crippen LogP) is 4.92. The van der Waals surface area contributed by atoms with Gasteiger partial charge in [0.2, 0.25) is 17.0 Å². The summed E-state index contributed by atoms with van der Waals surface area (Å²) in [7, 11) is 0. The van der Waals surface area contributed by atoms with Gasteiger partial charge in [0.05, 0.1) is 17.7 Å². The summed E-state index contributed by atoms with van der Waals surface area (Å²) in [5.74, 6) is -1.47. The Morgan fingerprint density at radius 3 is 2.74 bits per heavy atom. The van der Waals surface area contributed by atoms with Crippen LogP contribution in [0, 0.1) is 0 Å². The van der Waals surface area contributed by atoms with Crippen LogP contribution in [-0.4, -0.2) is 44.9 Å². The van der Waals surface area contributed by atoms with Crippen LogP contribution in [0.4, 0.5) is 11.4 Å². The maximum absolute atomic E-state index is 12.4. The molecule has 0 radical (unpaired) electrons. The molecule has 3 aromatic rings. The normalized spacial score (nSPS) is 15.6. The van der Waals surface area contributed by atoms with E-state index in [9.17, 15) is 19.5 Å². The number of aromatic amines is 1. The molecule has 0 saturated heterocycles. The van der Waals surface area contributed by atoms with Crippen molar-refractivity contribution in [2.45, 2.75) is 18.6 Å². The third kappa shape index (κ3) is 5.34. The van der Waals surface area contributed by atoms with Crippen LogP contribution in [-0.2, 0) is 14.3 Å². The standard InChI is InChI=1S/C22H18BrN5O5S/c1-2-33-21(32)11-3-6-13(7-4-11)24-17(29)10-16-19(30)26-22(34-16)28-27-18-14-9-12(23)5-8-15(14)25-20(18)31/h3-9,16,25,31H,2,10H2,1H3,(H,24,29). The van der Waals surface area contributed by atoms with Crippen LogP contribution in [0.15, 0.2) is 62.2 Å². The summed E-state index contributed by atoms with van der Waals surface area (Å²) >= 11 is 4.40. The van der Waals surface area contributed by atoms with Crippen molar-refractivity contribution in [2.24, 2.45) is 15.2 Å². The van der Waals surface area contributed by atoms with Gasteiger partial charge >= 0.3 is 5.97 Å². The first-order valence-electron chi connectivity index (χ1n) is 10.1. The van der Waals surface area contributed by atoms with Gasteiger partial charge < -0.3 is 20.1 Å². The van der Waals surface area contributed by atoms with Gasteiger partial charge in [-0.3, -0.25) is 9.59 Å². The Bertz CT molecular complexity index is 1340. The van der Waals surface area contributed by atoms with Crippen molar-refractivity contribution >= 4 is 72.9 Å². The van der Waals surface area contributed by atoms with E-state index in [1.54, 1.807) is 43.3 Å². The molecule has 0 bridgehead atoms. The Labute approximate surface area is 206 Å². The van der Waals surface area contributed by atoms with Crippen LogP contribution in [0.2, 0.25) is 0 Å². The van der Waals surface area contributed by atoms with Crippen molar-refractivity contribution in [3.63, 3.8) is 0 Å². The molecule has 1 atom stereocenters. The molecular weight excluding hydrogens is 526 g/mol. The van der Waals surface area contributed by atoms with Gasteiger partial charge in [0.1, 0.15) is 5.25 Å². The number of nitrogens with one attached hydrogen (secondary N) is 2. The van der Waals surface area contributed by atoms with E-state index in [1.165, 1.54) is 0 Å². The first kappa shape index (κ1) is 23.6. The second-order valence-electron chi connectivity index (χ2n) is 7.10. The van der Waals surface area contributed by atoms with Crippen LogP contribution < -0.4 is 5.32 Å². The summed E-state index contributed by atoms with van der Waals surface area (Å²) in [4.78, 5) is 43.0. The Morgan fingerprint density at radius 1 is 1.24 bits per heavy atom. The van der Waals surface area contributed by atoms with E-state index in [0.717, 1.165) is 16.2 Å². The number of aromatic hydroxyl groups is 1. The fourth-order valence-corrected chi connectivity index (χ4v) is 4.39. The molecule has 2 heterocycles. The van der Waals surface area contributed by atoms with Crippen molar-refractivity contribution in [2.75, 3.05) is 11.9 Å². The SMILES string of the molecule is CCOC(=O)c1ccc(NC(=O)CC2SC(N=Nc3c(O)[nH]c4ccc(Br)cc34)=NC2=O)cc1. The van der Waals surface area contributed by atoms with E-state index >= 15 is 0 Å². The number of amidine groups is 1. The van der Waals surface area contributed by atoms with Crippen molar-refractivity contribution in [1.82, 2.24) is 4.98 Å². The highest BCUT2D eigenvalue weighted by Gasteiger charge is 2.31. The van der Waals surface area contributed by atoms with Gasteiger partial charge in [-0.15, -0.1) is 10.2 Å². The number of hydrogen-bond donors (Lipinski definition) is 3. The molecule has 2 amide bonds. The molecule has 1 unspecified atom stereocenters. The molecule has 12 heteroatoms. The summed E-state index contributed by atoms with van der Waals surface area (Å²) in [6.07, 6.45) is -0.114. The maximum atomic E-state index is 12.4. The fourth-order valence-electron chi connectivity index (χ4n) is 3.16. The molecule has 0 spiro atoms. The van der Waals surface area contributed by atoms with E-state index in [1.807, 2.05) is 6.07 Å². The highest BCUT2D eigenvalue weighted by Crippen LogP contribution is 2.37. The van der Waals surface area contributed by atoms with E-state index in [4.69, 9.17) is 4.74 Å². The highest BCUT2D eigenvalue weighted by molar-refractivity contribution is 9.10. The topological polar surface area (TPSA) is 146 Å². The number of thioether (sulfide) groups is 1. The summed E-state index contributed by atoms with van der Waals surface area (Å²) in [6, 6.07) is 11.6. The van der Waals surface area contributed by atoms with Gasteiger partial charge in [-0.25, -0.2) is 4.79 Å². The van der Waals surface area contributed by atoms with Crippen LogP contribution in [0.25, 0.3) is 10.9 Å². The van der Waals surface area contributed by atoms with Gasteiger partial charge in [-0.1, -0.05) is 27.7 Å². The maximum Gasteiger partial charge on any atom is 0.338 e. The number of halogens is 1. The summed E-state index contributed by atoms with van der Waals surface area (Å²) < 4.78 is 5.73. The number of ether oxygens (including phenoxy) is 1. The van der Waals surface area contributed by atoms with E-state index in [0.29, 0.717) is 22.2 Å². The Morgan fingerprint density at radius 2 is 2.00 bits per heavy atom. The molecule has 10 nitrogen and oxygen atoms in total. The number of amides is 2. The number of azo groups is 1. The first-order chi connectivity index (χ1) is 16.3. The lowest BCUT2D eigenvalue weighted by Gasteiger charge is -2.08. The molecule has 174 valence electrons. The number of fused-ring (bicyclic) bond motifs is 1. The largest absolute Gasteiger partial charge is 0.493 e. The van der Waals surface area contributed by atoms with Gasteiger partial charge in [0.25, 0.3) is 5.91 Å². The number of nitrogens with zero attached hydrogens (tertiary/aromatic N) is 3. The van der Waals surface area contributed by atoms with Crippen LogP contribution in [0.5, 0.6) is 5.88 Å². The zero-order valence-electron chi connectivity index (χ0n) is 17.7. The smallest absolute Gasteiger partial charge is 0.338 e. The summed E-state index contributed by atoms with van der Waals surface area (Å²) in [5, 5.41) is 20.9. The predicted molar refractivity (Wildman–Crippen MR) is 132 cm³/mol. The minimum Gasteiger partial charge on any atom is -0.493 e. The van der Waals surface area contributed by atoms with E-state index in [-0.39, 0.29) is 35.7 Å². The van der Waals surface area contributed by atoms with Crippen LogP contribution in [0.1, 0.15) is 23.7 Å². The molecule has 4 rings (SSSR count). The zero-order valence-corrected chi connectivity index (χ0v) is 20.1. The van der Waals surface area contributed by atoms with Crippen molar-refractivity contribution in [3.05, 3.63) is 52.5 Å². The molecule has 0 aliphatic carbocycles. The quantitative estimate of drug-likeness (QED) is 0.297. The molecule has 3 N–H and O–H groups in total. The molecule has 0 fully saturated rings. The molecule has 1 aliphatic rings. The number of esters is 1. The number of aromatic nitrogens is 1. The minimum absolute atomic E-state index is 0.102. The minimum atomic E-state index is -0.738. The molecule has 2 aromatic carbocycles. The summed E-state index contributed by atoms with van der Waals surface area (Å²) in [6.45, 7) is 1.99. The highest BCUT2D eigenvalue weighted by atomic mass is 79.9. The summed E-state index contributed by atoms with van der Waals surface area (Å²) in [5.41, 5.74) is 1.75. The lowest BCUT2D eigenvalue weighted by Crippen LogP contribution is -2.21. The Kier molecular flexibility index (Phi) is 7.08. The van der Waals surface area contributed by atoms with Crippen molar-refractivity contribution in [3.8, 4) is 5.88 Å². The second-order valence-corrected chi connectivity index (χ2v) is 9.19. The molecular formula is C22H18BrN5O5S. The Hall–Kier alpha value is -3.51.